The molecule has 2 heterocycles. The number of hydrogen-bond donors (Lipinski definition) is 1. The highest BCUT2D eigenvalue weighted by atomic mass is 19.1. The third-order valence-electron chi connectivity index (χ3n) is 4.49. The molecule has 4 nitrogen and oxygen atoms in total. The second-order valence-electron chi connectivity index (χ2n) is 5.98. The fourth-order valence-electron chi connectivity index (χ4n) is 3.34. The van der Waals surface area contributed by atoms with E-state index in [0.29, 0.717) is 5.65 Å². The van der Waals surface area contributed by atoms with E-state index in [1.54, 1.807) is 0 Å². The molecule has 6 heteroatoms. The number of aromatic amines is 1. The molecule has 2 aromatic heterocycles. The summed E-state index contributed by atoms with van der Waals surface area (Å²) in [4.78, 5) is 28.1. The van der Waals surface area contributed by atoms with Gasteiger partial charge in [-0.15, -0.1) is 0 Å². The average Bonchev–Trinajstić information content (AvgIpc) is 2.97. The van der Waals surface area contributed by atoms with Crippen LogP contribution in [0.25, 0.3) is 5.65 Å². The third-order valence-corrected chi connectivity index (χ3v) is 4.49. The lowest BCUT2D eigenvalue weighted by Crippen LogP contribution is -2.18. The van der Waals surface area contributed by atoms with Crippen LogP contribution in [0, 0.1) is 11.6 Å². The highest BCUT2D eigenvalue weighted by Gasteiger charge is 2.23. The van der Waals surface area contributed by atoms with Crippen LogP contribution in [0.5, 0.6) is 0 Å². The number of benzene rings is 1. The average molecular weight is 328 g/mol. The van der Waals surface area contributed by atoms with E-state index in [2.05, 4.69) is 4.98 Å². The van der Waals surface area contributed by atoms with E-state index in [9.17, 15) is 18.4 Å². The molecule has 0 saturated heterocycles. The molecular weight excluding hydrogens is 314 g/mol. The number of aromatic nitrogens is 2. The SMILES string of the molecule is O=C(c1cc(F)ccc1F)c1ccc(=O)n2c3c([nH]c12)CCCC3. The molecule has 0 radical (unpaired) electrons. The van der Waals surface area contributed by atoms with Gasteiger partial charge in [0.25, 0.3) is 5.56 Å². The minimum atomic E-state index is -0.790. The molecule has 1 aliphatic carbocycles. The van der Waals surface area contributed by atoms with Gasteiger partial charge in [0.05, 0.1) is 11.1 Å². The maximum absolute atomic E-state index is 13.9. The summed E-state index contributed by atoms with van der Waals surface area (Å²) in [7, 11) is 0. The Balaban J connectivity index is 1.96. The Morgan fingerprint density at radius 3 is 2.67 bits per heavy atom. The zero-order chi connectivity index (χ0) is 16.8. The van der Waals surface area contributed by atoms with Gasteiger partial charge < -0.3 is 4.98 Å². The Bertz CT molecular complexity index is 1030. The van der Waals surface area contributed by atoms with Crippen molar-refractivity contribution in [1.29, 1.82) is 0 Å². The summed E-state index contributed by atoms with van der Waals surface area (Å²) in [6.07, 6.45) is 3.54. The number of imidazole rings is 1. The summed E-state index contributed by atoms with van der Waals surface area (Å²) in [5.74, 6) is -2.12. The molecule has 0 bridgehead atoms. The summed E-state index contributed by atoms with van der Waals surface area (Å²) in [6, 6.07) is 5.42. The van der Waals surface area contributed by atoms with Crippen LogP contribution in [0.3, 0.4) is 0 Å². The van der Waals surface area contributed by atoms with Crippen molar-refractivity contribution in [3.63, 3.8) is 0 Å². The predicted molar refractivity (Wildman–Crippen MR) is 84.5 cm³/mol. The Morgan fingerprint density at radius 2 is 1.83 bits per heavy atom. The minimum Gasteiger partial charge on any atom is -0.343 e. The number of hydrogen-bond acceptors (Lipinski definition) is 2. The molecule has 0 aliphatic heterocycles. The molecule has 4 rings (SSSR count). The number of carbonyl (C=O) groups is 1. The van der Waals surface area contributed by atoms with Crippen LogP contribution in [0.4, 0.5) is 8.78 Å². The van der Waals surface area contributed by atoms with Crippen molar-refractivity contribution in [3.8, 4) is 0 Å². The van der Waals surface area contributed by atoms with Gasteiger partial charge in [-0.25, -0.2) is 8.78 Å². The smallest absolute Gasteiger partial charge is 0.256 e. The summed E-state index contributed by atoms with van der Waals surface area (Å²) in [6.45, 7) is 0. The maximum atomic E-state index is 13.9. The number of halogens is 2. The lowest BCUT2D eigenvalue weighted by Gasteiger charge is -2.10. The van der Waals surface area contributed by atoms with E-state index in [1.807, 2.05) is 0 Å². The summed E-state index contributed by atoms with van der Waals surface area (Å²) in [5.41, 5.74) is 1.73. The molecule has 0 atom stereocenters. The van der Waals surface area contributed by atoms with Crippen molar-refractivity contribution >= 4 is 11.4 Å². The topological polar surface area (TPSA) is 54.3 Å². The first-order valence-electron chi connectivity index (χ1n) is 7.81. The largest absolute Gasteiger partial charge is 0.343 e. The van der Waals surface area contributed by atoms with E-state index < -0.39 is 17.4 Å². The first kappa shape index (κ1) is 14.8. The van der Waals surface area contributed by atoms with Gasteiger partial charge in [-0.3, -0.25) is 14.0 Å². The van der Waals surface area contributed by atoms with Crippen LogP contribution < -0.4 is 5.56 Å². The van der Waals surface area contributed by atoms with E-state index in [-0.39, 0.29) is 16.7 Å². The van der Waals surface area contributed by atoms with Crippen molar-refractivity contribution in [1.82, 2.24) is 9.38 Å². The molecule has 3 aromatic rings. The standard InChI is InChI=1S/C18H14F2N2O2/c19-10-5-7-13(20)12(9-10)17(24)11-6-8-16(23)22-15-4-2-1-3-14(15)21-18(11)22/h5-9,21H,1-4H2. The first-order valence-corrected chi connectivity index (χ1v) is 7.81. The number of ketones is 1. The lowest BCUT2D eigenvalue weighted by atomic mass is 10.0. The molecule has 1 aromatic carbocycles. The Kier molecular flexibility index (Phi) is 3.33. The Morgan fingerprint density at radius 1 is 1.04 bits per heavy atom. The highest BCUT2D eigenvalue weighted by Crippen LogP contribution is 2.24. The van der Waals surface area contributed by atoms with Crippen molar-refractivity contribution in [2.24, 2.45) is 0 Å². The van der Waals surface area contributed by atoms with Crippen LogP contribution in [-0.2, 0) is 12.8 Å². The number of H-pyrrole nitrogens is 1. The highest BCUT2D eigenvalue weighted by molar-refractivity contribution is 6.12. The fourth-order valence-corrected chi connectivity index (χ4v) is 3.34. The van der Waals surface area contributed by atoms with Gasteiger partial charge in [0, 0.05) is 17.5 Å². The maximum Gasteiger partial charge on any atom is 0.256 e. The van der Waals surface area contributed by atoms with Crippen molar-refractivity contribution < 1.29 is 13.6 Å². The van der Waals surface area contributed by atoms with Crippen molar-refractivity contribution in [2.75, 3.05) is 0 Å². The second-order valence-corrected chi connectivity index (χ2v) is 5.98. The number of fused-ring (bicyclic) bond motifs is 3. The van der Waals surface area contributed by atoms with Gasteiger partial charge in [0.2, 0.25) is 0 Å². The van der Waals surface area contributed by atoms with E-state index in [1.165, 1.54) is 16.5 Å². The van der Waals surface area contributed by atoms with Crippen LogP contribution in [-0.4, -0.2) is 15.2 Å². The molecule has 122 valence electrons. The van der Waals surface area contributed by atoms with Gasteiger partial charge in [-0.2, -0.15) is 0 Å². The third kappa shape index (κ3) is 2.18. The molecule has 24 heavy (non-hydrogen) atoms. The summed E-state index contributed by atoms with van der Waals surface area (Å²) in [5, 5.41) is 0. The zero-order valence-electron chi connectivity index (χ0n) is 12.7. The van der Waals surface area contributed by atoms with E-state index >= 15 is 0 Å². The number of aryl methyl sites for hydroxylation is 2. The van der Waals surface area contributed by atoms with Crippen LogP contribution in [0.1, 0.15) is 40.2 Å². The normalized spacial score (nSPS) is 13.9. The number of rotatable bonds is 2. The Labute approximate surface area is 135 Å². The van der Waals surface area contributed by atoms with Crippen LogP contribution >= 0.6 is 0 Å². The molecule has 1 aliphatic rings. The first-order chi connectivity index (χ1) is 11.6. The molecule has 0 fully saturated rings. The van der Waals surface area contributed by atoms with Crippen molar-refractivity contribution in [2.45, 2.75) is 25.7 Å². The monoisotopic (exact) mass is 328 g/mol. The molecular formula is C18H14F2N2O2. The van der Waals surface area contributed by atoms with Crippen LogP contribution in [0.15, 0.2) is 35.1 Å². The summed E-state index contributed by atoms with van der Waals surface area (Å²) >= 11 is 0. The quantitative estimate of drug-likeness (QED) is 0.735. The molecule has 0 spiro atoms. The lowest BCUT2D eigenvalue weighted by molar-refractivity contribution is 0.103. The van der Waals surface area contributed by atoms with Gasteiger partial charge in [0.1, 0.15) is 17.3 Å². The number of carbonyl (C=O) groups excluding carboxylic acids is 1. The number of pyridine rings is 1. The van der Waals surface area contributed by atoms with Gasteiger partial charge >= 0.3 is 0 Å². The predicted octanol–water partition coefficient (Wildman–Crippen LogP) is 3.02. The number of nitrogens with one attached hydrogen (secondary N) is 1. The fraction of sp³-hybridized carbons (Fsp3) is 0.222. The molecule has 0 saturated carbocycles. The van der Waals surface area contributed by atoms with Crippen LogP contribution in [0.2, 0.25) is 0 Å². The van der Waals surface area contributed by atoms with E-state index in [0.717, 1.165) is 55.3 Å². The van der Waals surface area contributed by atoms with Gasteiger partial charge in [0.15, 0.2) is 5.78 Å². The summed E-state index contributed by atoms with van der Waals surface area (Å²) < 4.78 is 28.8. The van der Waals surface area contributed by atoms with Gasteiger partial charge in [-0.1, -0.05) is 0 Å². The number of nitrogens with zero attached hydrogens (tertiary/aromatic N) is 1. The van der Waals surface area contributed by atoms with Gasteiger partial charge in [-0.05, 0) is 49.9 Å². The Hall–Kier alpha value is -2.76. The molecule has 1 N–H and O–H groups in total. The second kappa shape index (κ2) is 5.40. The van der Waals surface area contributed by atoms with E-state index in [4.69, 9.17) is 0 Å². The zero-order valence-corrected chi connectivity index (χ0v) is 12.7. The molecule has 0 amide bonds. The molecule has 0 unspecified atom stereocenters. The minimum absolute atomic E-state index is 0.161. The van der Waals surface area contributed by atoms with Crippen molar-refractivity contribution in [3.05, 3.63) is 74.8 Å².